The largest absolute Gasteiger partial charge is 0.388 e. The molecule has 1 aliphatic rings. The molecule has 2 amide bonds. The molecule has 1 fully saturated rings. The van der Waals surface area contributed by atoms with Gasteiger partial charge in [-0.3, -0.25) is 0 Å². The number of aromatic nitrogens is 1. The lowest BCUT2D eigenvalue weighted by molar-refractivity contribution is 0.0166. The monoisotopic (exact) mass is 348 g/mol. The van der Waals surface area contributed by atoms with Crippen LogP contribution in [0.25, 0.3) is 0 Å². The highest BCUT2D eigenvalue weighted by atomic mass is 16.3. The number of hydrogen-bond donors (Lipinski definition) is 3. The fourth-order valence-corrected chi connectivity index (χ4v) is 2.65. The van der Waals surface area contributed by atoms with Gasteiger partial charge >= 0.3 is 6.03 Å². The van der Waals surface area contributed by atoms with Gasteiger partial charge in [0.25, 0.3) is 0 Å². The van der Waals surface area contributed by atoms with E-state index in [9.17, 15) is 9.90 Å². The summed E-state index contributed by atoms with van der Waals surface area (Å²) in [7, 11) is 0. The zero-order chi connectivity index (χ0) is 18.4. The Morgan fingerprint density at radius 3 is 2.60 bits per heavy atom. The molecule has 1 aromatic heterocycles. The quantitative estimate of drug-likeness (QED) is 0.738. The minimum absolute atomic E-state index is 0.0716. The van der Waals surface area contributed by atoms with Crippen molar-refractivity contribution < 1.29 is 9.90 Å². The highest BCUT2D eigenvalue weighted by Crippen LogP contribution is 2.21. The Labute approximate surface area is 151 Å². The van der Waals surface area contributed by atoms with Gasteiger partial charge in [0.15, 0.2) is 0 Å². The predicted octanol–water partition coefficient (Wildman–Crippen LogP) is 2.52. The number of piperidine rings is 1. The van der Waals surface area contributed by atoms with E-state index in [1.165, 1.54) is 12.8 Å². The third-order valence-electron chi connectivity index (χ3n) is 5.22. The van der Waals surface area contributed by atoms with E-state index in [-0.39, 0.29) is 18.5 Å². The molecular formula is C19H32N4O2. The number of rotatable bonds is 6. The van der Waals surface area contributed by atoms with Crippen molar-refractivity contribution >= 4 is 11.8 Å². The smallest absolute Gasteiger partial charge is 0.315 e. The highest BCUT2D eigenvalue weighted by molar-refractivity contribution is 5.73. The number of hydrogen-bond acceptors (Lipinski definition) is 4. The first-order valence-electron chi connectivity index (χ1n) is 9.22. The Morgan fingerprint density at radius 2 is 2.04 bits per heavy atom. The summed E-state index contributed by atoms with van der Waals surface area (Å²) >= 11 is 0. The van der Waals surface area contributed by atoms with Gasteiger partial charge in [-0.1, -0.05) is 26.8 Å². The molecule has 1 unspecified atom stereocenters. The van der Waals surface area contributed by atoms with Crippen LogP contribution in [-0.4, -0.2) is 41.4 Å². The van der Waals surface area contributed by atoms with Crippen LogP contribution in [0.15, 0.2) is 18.3 Å². The first-order valence-corrected chi connectivity index (χ1v) is 9.22. The highest BCUT2D eigenvalue weighted by Gasteiger charge is 2.25. The second kappa shape index (κ2) is 8.52. The zero-order valence-corrected chi connectivity index (χ0v) is 15.9. The van der Waals surface area contributed by atoms with Crippen molar-refractivity contribution in [2.45, 2.75) is 52.7 Å². The van der Waals surface area contributed by atoms with Gasteiger partial charge in [0, 0.05) is 32.4 Å². The SMILES string of the molecule is CC1CCN(c2ccc(CNC(=O)NCC(C)(O)C(C)C)cn2)CC1. The summed E-state index contributed by atoms with van der Waals surface area (Å²) in [5, 5.41) is 15.7. The lowest BCUT2D eigenvalue weighted by atomic mass is 9.93. The molecule has 2 heterocycles. The van der Waals surface area contributed by atoms with Crippen molar-refractivity contribution in [1.82, 2.24) is 15.6 Å². The Kier molecular flexibility index (Phi) is 6.64. The Morgan fingerprint density at radius 1 is 1.36 bits per heavy atom. The van der Waals surface area contributed by atoms with Crippen LogP contribution in [0.5, 0.6) is 0 Å². The Balaban J connectivity index is 1.76. The molecule has 0 radical (unpaired) electrons. The van der Waals surface area contributed by atoms with Crippen molar-refractivity contribution in [3.63, 3.8) is 0 Å². The summed E-state index contributed by atoms with van der Waals surface area (Å²) in [6.45, 7) is 10.6. The Bertz CT molecular complexity index is 549. The number of carbonyl (C=O) groups excluding carboxylic acids is 1. The number of amides is 2. The number of nitrogens with one attached hydrogen (secondary N) is 2. The maximum Gasteiger partial charge on any atom is 0.315 e. The van der Waals surface area contributed by atoms with Gasteiger partial charge in [0.05, 0.1) is 5.60 Å². The first-order chi connectivity index (χ1) is 11.8. The summed E-state index contributed by atoms with van der Waals surface area (Å²) < 4.78 is 0. The molecule has 1 aromatic rings. The van der Waals surface area contributed by atoms with Gasteiger partial charge in [-0.05, 0) is 43.2 Å². The molecule has 140 valence electrons. The Hall–Kier alpha value is -1.82. The predicted molar refractivity (Wildman–Crippen MR) is 101 cm³/mol. The fraction of sp³-hybridized carbons (Fsp3) is 0.684. The van der Waals surface area contributed by atoms with Gasteiger partial charge < -0.3 is 20.6 Å². The van der Waals surface area contributed by atoms with E-state index >= 15 is 0 Å². The third kappa shape index (κ3) is 5.88. The maximum absolute atomic E-state index is 11.9. The lowest BCUT2D eigenvalue weighted by Gasteiger charge is -2.31. The first kappa shape index (κ1) is 19.5. The molecule has 6 heteroatoms. The van der Waals surface area contributed by atoms with Crippen LogP contribution in [0.3, 0.4) is 0 Å². The second-order valence-corrected chi connectivity index (χ2v) is 7.74. The van der Waals surface area contributed by atoms with Crippen molar-refractivity contribution in [2.24, 2.45) is 11.8 Å². The van der Waals surface area contributed by atoms with Gasteiger partial charge in [0.1, 0.15) is 5.82 Å². The minimum atomic E-state index is -0.910. The van der Waals surface area contributed by atoms with Crippen molar-refractivity contribution in [2.75, 3.05) is 24.5 Å². The van der Waals surface area contributed by atoms with Crippen LogP contribution in [0, 0.1) is 11.8 Å². The summed E-state index contributed by atoms with van der Waals surface area (Å²) in [6, 6.07) is 3.74. The van der Waals surface area contributed by atoms with Gasteiger partial charge in [0.2, 0.25) is 0 Å². The second-order valence-electron chi connectivity index (χ2n) is 7.74. The molecule has 0 bridgehead atoms. The van der Waals surface area contributed by atoms with E-state index in [2.05, 4.69) is 27.4 Å². The summed E-state index contributed by atoms with van der Waals surface area (Å²) in [6.07, 6.45) is 4.24. The summed E-state index contributed by atoms with van der Waals surface area (Å²) in [5.74, 6) is 1.88. The number of aliphatic hydroxyl groups is 1. The van der Waals surface area contributed by atoms with Gasteiger partial charge in [-0.25, -0.2) is 9.78 Å². The summed E-state index contributed by atoms with van der Waals surface area (Å²) in [4.78, 5) is 18.7. The van der Waals surface area contributed by atoms with Gasteiger partial charge in [-0.2, -0.15) is 0 Å². The molecule has 3 N–H and O–H groups in total. The molecule has 0 spiro atoms. The summed E-state index contributed by atoms with van der Waals surface area (Å²) in [5.41, 5.74) is 0.0480. The minimum Gasteiger partial charge on any atom is -0.388 e. The molecule has 6 nitrogen and oxygen atoms in total. The molecule has 1 atom stereocenters. The van der Waals surface area contributed by atoms with E-state index in [0.717, 1.165) is 30.4 Å². The van der Waals surface area contributed by atoms with E-state index in [1.54, 1.807) is 6.92 Å². The number of carbonyl (C=O) groups is 1. The normalized spacial score (nSPS) is 18.1. The van der Waals surface area contributed by atoms with Crippen LogP contribution < -0.4 is 15.5 Å². The maximum atomic E-state index is 11.9. The van der Waals surface area contributed by atoms with E-state index in [4.69, 9.17) is 0 Å². The molecule has 1 saturated heterocycles. The topological polar surface area (TPSA) is 77.5 Å². The van der Waals surface area contributed by atoms with Crippen LogP contribution >= 0.6 is 0 Å². The van der Waals surface area contributed by atoms with Crippen LogP contribution in [0.1, 0.15) is 46.1 Å². The molecular weight excluding hydrogens is 316 g/mol. The van der Waals surface area contributed by atoms with Crippen molar-refractivity contribution in [1.29, 1.82) is 0 Å². The average molecular weight is 348 g/mol. The zero-order valence-electron chi connectivity index (χ0n) is 15.9. The number of anilines is 1. The van der Waals surface area contributed by atoms with Crippen molar-refractivity contribution in [3.8, 4) is 0 Å². The molecule has 1 aliphatic heterocycles. The van der Waals surface area contributed by atoms with Crippen LogP contribution in [-0.2, 0) is 6.54 Å². The number of pyridine rings is 1. The molecule has 2 rings (SSSR count). The number of urea groups is 1. The standard InChI is InChI=1S/C19H32N4O2/c1-14(2)19(4,25)13-22-18(24)21-12-16-5-6-17(20-11-16)23-9-7-15(3)8-10-23/h5-6,11,14-15,25H,7-10,12-13H2,1-4H3,(H2,21,22,24). The average Bonchev–Trinajstić information content (AvgIpc) is 2.59. The molecule has 0 saturated carbocycles. The molecule has 0 aliphatic carbocycles. The van der Waals surface area contributed by atoms with E-state index in [0.29, 0.717) is 6.54 Å². The third-order valence-corrected chi connectivity index (χ3v) is 5.22. The van der Waals surface area contributed by atoms with Crippen LogP contribution in [0.2, 0.25) is 0 Å². The number of nitrogens with zero attached hydrogens (tertiary/aromatic N) is 2. The van der Waals surface area contributed by atoms with E-state index < -0.39 is 5.60 Å². The molecule has 0 aromatic carbocycles. The van der Waals surface area contributed by atoms with Crippen molar-refractivity contribution in [3.05, 3.63) is 23.9 Å². The molecule has 25 heavy (non-hydrogen) atoms. The van der Waals surface area contributed by atoms with Gasteiger partial charge in [-0.15, -0.1) is 0 Å². The van der Waals surface area contributed by atoms with E-state index in [1.807, 2.05) is 32.2 Å². The van der Waals surface area contributed by atoms with Crippen LogP contribution in [0.4, 0.5) is 10.6 Å². The fourth-order valence-electron chi connectivity index (χ4n) is 2.65. The lowest BCUT2D eigenvalue weighted by Crippen LogP contribution is -2.47.